The van der Waals surface area contributed by atoms with Crippen molar-refractivity contribution in [2.45, 2.75) is 38.3 Å². The molecule has 17 heavy (non-hydrogen) atoms. The van der Waals surface area contributed by atoms with Crippen molar-refractivity contribution in [1.29, 1.82) is 0 Å². The topological polar surface area (TPSA) is 88.0 Å². The summed E-state index contributed by atoms with van der Waals surface area (Å²) in [5, 5.41) is 2.85. The van der Waals surface area contributed by atoms with Gasteiger partial charge in [-0.15, -0.1) is 0 Å². The van der Waals surface area contributed by atoms with Gasteiger partial charge in [-0.1, -0.05) is 0 Å². The van der Waals surface area contributed by atoms with E-state index in [1.807, 2.05) is 0 Å². The van der Waals surface area contributed by atoms with Gasteiger partial charge < -0.3 is 16.0 Å². The van der Waals surface area contributed by atoms with Crippen LogP contribution in [0.4, 0.5) is 0 Å². The monoisotopic (exact) mass is 235 g/mol. The molecule has 0 bridgehead atoms. The van der Waals surface area contributed by atoms with E-state index in [9.17, 15) is 9.59 Å². The normalized spacial score (nSPS) is 23.6. The van der Waals surface area contributed by atoms with Gasteiger partial charge >= 0.3 is 0 Å². The summed E-state index contributed by atoms with van der Waals surface area (Å²) >= 11 is 0. The first-order valence-electron chi connectivity index (χ1n) is 5.82. The molecule has 0 spiro atoms. The van der Waals surface area contributed by atoms with E-state index in [2.05, 4.69) is 10.3 Å². The minimum absolute atomic E-state index is 0.0956. The molecule has 1 amide bonds. The first-order chi connectivity index (χ1) is 8.06. The van der Waals surface area contributed by atoms with E-state index in [0.29, 0.717) is 0 Å². The number of nitrogens with two attached hydrogens (primary N) is 1. The maximum Gasteiger partial charge on any atom is 0.260 e. The van der Waals surface area contributed by atoms with Crippen LogP contribution in [0, 0.1) is 6.92 Å². The molecule has 0 aromatic carbocycles. The second-order valence-electron chi connectivity index (χ2n) is 4.63. The summed E-state index contributed by atoms with van der Waals surface area (Å²) in [5.74, 6) is -0.314. The number of carbonyl (C=O) groups is 1. The van der Waals surface area contributed by atoms with E-state index in [1.165, 1.54) is 0 Å². The summed E-state index contributed by atoms with van der Waals surface area (Å²) in [6.45, 7) is 1.78. The van der Waals surface area contributed by atoms with Crippen molar-refractivity contribution in [1.82, 2.24) is 10.3 Å². The lowest BCUT2D eigenvalue weighted by Crippen LogP contribution is -2.37. The average molecular weight is 235 g/mol. The Morgan fingerprint density at radius 1 is 1.47 bits per heavy atom. The van der Waals surface area contributed by atoms with Crippen LogP contribution in [-0.4, -0.2) is 23.0 Å². The van der Waals surface area contributed by atoms with Gasteiger partial charge in [0.1, 0.15) is 5.56 Å². The van der Waals surface area contributed by atoms with Crippen molar-refractivity contribution < 1.29 is 4.79 Å². The Kier molecular flexibility index (Phi) is 3.28. The molecule has 1 fully saturated rings. The molecule has 2 rings (SSSR count). The SMILES string of the molecule is Cc1ccc(C(=O)N[C@H]2CC[C@H](N)C2)c(=O)[nH]1. The van der Waals surface area contributed by atoms with Crippen LogP contribution in [0.2, 0.25) is 0 Å². The summed E-state index contributed by atoms with van der Waals surface area (Å²) in [7, 11) is 0. The second-order valence-corrected chi connectivity index (χ2v) is 4.63. The van der Waals surface area contributed by atoms with Gasteiger partial charge in [0, 0.05) is 17.8 Å². The Morgan fingerprint density at radius 2 is 2.24 bits per heavy atom. The molecule has 2 atom stereocenters. The quantitative estimate of drug-likeness (QED) is 0.688. The van der Waals surface area contributed by atoms with E-state index in [1.54, 1.807) is 19.1 Å². The Balaban J connectivity index is 2.07. The Labute approximate surface area is 99.4 Å². The summed E-state index contributed by atoms with van der Waals surface area (Å²) in [5.41, 5.74) is 6.34. The maximum atomic E-state index is 11.9. The van der Waals surface area contributed by atoms with Crippen molar-refractivity contribution in [3.8, 4) is 0 Å². The third-order valence-electron chi connectivity index (χ3n) is 3.11. The Hall–Kier alpha value is -1.62. The molecule has 5 nitrogen and oxygen atoms in total. The number of carbonyl (C=O) groups excluding carboxylic acids is 1. The summed E-state index contributed by atoms with van der Waals surface area (Å²) < 4.78 is 0. The summed E-state index contributed by atoms with van der Waals surface area (Å²) in [6.07, 6.45) is 2.60. The summed E-state index contributed by atoms with van der Waals surface area (Å²) in [6, 6.07) is 3.53. The fraction of sp³-hybridized carbons (Fsp3) is 0.500. The second kappa shape index (κ2) is 4.71. The van der Waals surface area contributed by atoms with Gasteiger partial charge in [-0.3, -0.25) is 9.59 Å². The smallest absolute Gasteiger partial charge is 0.260 e. The molecule has 0 unspecified atom stereocenters. The van der Waals surface area contributed by atoms with E-state index in [-0.39, 0.29) is 29.1 Å². The fourth-order valence-corrected chi connectivity index (χ4v) is 2.16. The molecule has 0 aliphatic heterocycles. The Bertz CT molecular complexity index is 481. The highest BCUT2D eigenvalue weighted by Crippen LogP contribution is 2.17. The number of aromatic amines is 1. The predicted octanol–water partition coefficient (Wildman–Crippen LogP) is 0.293. The number of nitrogens with one attached hydrogen (secondary N) is 2. The number of hydrogen-bond donors (Lipinski definition) is 3. The van der Waals surface area contributed by atoms with Gasteiger partial charge in [-0.25, -0.2) is 0 Å². The third kappa shape index (κ3) is 2.74. The van der Waals surface area contributed by atoms with Gasteiger partial charge in [-0.2, -0.15) is 0 Å². The molecule has 92 valence electrons. The number of H-pyrrole nitrogens is 1. The first kappa shape index (κ1) is 11.9. The highest BCUT2D eigenvalue weighted by atomic mass is 16.2. The van der Waals surface area contributed by atoms with Crippen LogP contribution in [-0.2, 0) is 0 Å². The molecule has 1 aliphatic rings. The van der Waals surface area contributed by atoms with E-state index < -0.39 is 0 Å². The van der Waals surface area contributed by atoms with Gasteiger partial charge in [0.05, 0.1) is 0 Å². The number of hydrogen-bond acceptors (Lipinski definition) is 3. The third-order valence-corrected chi connectivity index (χ3v) is 3.11. The van der Waals surface area contributed by atoms with Crippen molar-refractivity contribution in [2.24, 2.45) is 5.73 Å². The van der Waals surface area contributed by atoms with Crippen LogP contribution in [0.15, 0.2) is 16.9 Å². The molecule has 1 aromatic rings. The van der Waals surface area contributed by atoms with Crippen molar-refractivity contribution in [3.63, 3.8) is 0 Å². The number of amides is 1. The highest BCUT2D eigenvalue weighted by molar-refractivity contribution is 5.94. The summed E-state index contributed by atoms with van der Waals surface area (Å²) in [4.78, 5) is 26.1. The lowest BCUT2D eigenvalue weighted by atomic mass is 10.2. The molecule has 0 radical (unpaired) electrons. The van der Waals surface area contributed by atoms with Crippen molar-refractivity contribution in [3.05, 3.63) is 33.7 Å². The van der Waals surface area contributed by atoms with Crippen molar-refractivity contribution >= 4 is 5.91 Å². The zero-order chi connectivity index (χ0) is 12.4. The van der Waals surface area contributed by atoms with Gasteiger partial charge in [0.25, 0.3) is 11.5 Å². The Morgan fingerprint density at radius 3 is 2.82 bits per heavy atom. The van der Waals surface area contributed by atoms with Crippen LogP contribution in [0.1, 0.15) is 35.3 Å². The van der Waals surface area contributed by atoms with E-state index >= 15 is 0 Å². The molecule has 0 saturated heterocycles. The van der Waals surface area contributed by atoms with Crippen molar-refractivity contribution in [2.75, 3.05) is 0 Å². The molecule has 1 aliphatic carbocycles. The minimum Gasteiger partial charge on any atom is -0.349 e. The van der Waals surface area contributed by atoms with Gasteiger partial charge in [-0.05, 0) is 38.3 Å². The number of rotatable bonds is 2. The zero-order valence-electron chi connectivity index (χ0n) is 9.82. The molecule has 5 heteroatoms. The molecule has 4 N–H and O–H groups in total. The van der Waals surface area contributed by atoms with Crippen LogP contribution < -0.4 is 16.6 Å². The molecule has 1 heterocycles. The van der Waals surface area contributed by atoms with E-state index in [4.69, 9.17) is 5.73 Å². The number of pyridine rings is 1. The zero-order valence-corrected chi connectivity index (χ0v) is 9.82. The average Bonchev–Trinajstić information content (AvgIpc) is 2.63. The molecular weight excluding hydrogens is 218 g/mol. The maximum absolute atomic E-state index is 11.9. The van der Waals surface area contributed by atoms with Crippen LogP contribution in [0.25, 0.3) is 0 Å². The standard InChI is InChI=1S/C12H17N3O2/c1-7-2-5-10(11(16)14-7)12(17)15-9-4-3-8(13)6-9/h2,5,8-9H,3-4,6,13H2,1H3,(H,14,16)(H,15,17)/t8-,9-/m0/s1. The fourth-order valence-electron chi connectivity index (χ4n) is 2.16. The molecule has 1 saturated carbocycles. The lowest BCUT2D eigenvalue weighted by molar-refractivity contribution is 0.0936. The van der Waals surface area contributed by atoms with Crippen LogP contribution in [0.3, 0.4) is 0 Å². The number of aromatic nitrogens is 1. The van der Waals surface area contributed by atoms with Gasteiger partial charge in [0.15, 0.2) is 0 Å². The van der Waals surface area contributed by atoms with Crippen LogP contribution >= 0.6 is 0 Å². The van der Waals surface area contributed by atoms with Gasteiger partial charge in [0.2, 0.25) is 0 Å². The van der Waals surface area contributed by atoms with Crippen LogP contribution in [0.5, 0.6) is 0 Å². The molecule has 1 aromatic heterocycles. The van der Waals surface area contributed by atoms with E-state index in [0.717, 1.165) is 25.0 Å². The predicted molar refractivity (Wildman–Crippen MR) is 64.9 cm³/mol. The molecular formula is C12H17N3O2. The minimum atomic E-state index is -0.343. The largest absolute Gasteiger partial charge is 0.349 e. The first-order valence-corrected chi connectivity index (χ1v) is 5.82. The highest BCUT2D eigenvalue weighted by Gasteiger charge is 2.24. The lowest BCUT2D eigenvalue weighted by Gasteiger charge is -2.11. The number of aryl methyl sites for hydroxylation is 1.